The highest BCUT2D eigenvalue weighted by Crippen LogP contribution is 2.34. The summed E-state index contributed by atoms with van der Waals surface area (Å²) in [5, 5.41) is 4.56. The average Bonchev–Trinajstić information content (AvgIpc) is 3.29. The van der Waals surface area contributed by atoms with Crippen molar-refractivity contribution in [3.8, 4) is 5.75 Å². The number of anilines is 2. The van der Waals surface area contributed by atoms with E-state index in [0.29, 0.717) is 23.0 Å². The van der Waals surface area contributed by atoms with Gasteiger partial charge in [-0.3, -0.25) is 4.79 Å². The number of pyridine rings is 1. The van der Waals surface area contributed by atoms with Gasteiger partial charge in [0.15, 0.2) is 0 Å². The van der Waals surface area contributed by atoms with E-state index in [2.05, 4.69) is 45.7 Å². The van der Waals surface area contributed by atoms with Gasteiger partial charge in [0.25, 0.3) is 5.91 Å². The van der Waals surface area contributed by atoms with Crippen molar-refractivity contribution in [1.82, 2.24) is 14.9 Å². The number of para-hydroxylation sites is 3. The molecule has 0 spiro atoms. The van der Waals surface area contributed by atoms with E-state index in [1.54, 1.807) is 19.4 Å². The van der Waals surface area contributed by atoms with Crippen LogP contribution in [0.4, 0.5) is 11.5 Å². The standard InChI is InChI=1S/C26H26N4O2/c1-32-24-11-5-4-10-23(24)29-25-20(8-6-14-27-25)26(31)30-15-12-18(13-16-30)21-17-28-22-9-3-2-7-19(21)22/h2-11,14,17-18,28H,12-13,15-16H2,1H3,(H,27,29). The molecule has 2 aromatic carbocycles. The van der Waals surface area contributed by atoms with Crippen LogP contribution in [0.3, 0.4) is 0 Å². The van der Waals surface area contributed by atoms with Gasteiger partial charge in [0.05, 0.1) is 18.4 Å². The largest absolute Gasteiger partial charge is 0.495 e. The molecule has 162 valence electrons. The van der Waals surface area contributed by atoms with Crippen molar-refractivity contribution < 1.29 is 9.53 Å². The van der Waals surface area contributed by atoms with Gasteiger partial charge in [-0.25, -0.2) is 4.98 Å². The topological polar surface area (TPSA) is 70.2 Å². The highest BCUT2D eigenvalue weighted by atomic mass is 16.5. The Bertz CT molecular complexity index is 1240. The van der Waals surface area contributed by atoms with Crippen molar-refractivity contribution in [3.05, 3.63) is 84.2 Å². The van der Waals surface area contributed by atoms with Crippen LogP contribution in [0.5, 0.6) is 5.75 Å². The highest BCUT2D eigenvalue weighted by Gasteiger charge is 2.27. The molecule has 0 atom stereocenters. The Balaban J connectivity index is 1.32. The van der Waals surface area contributed by atoms with Crippen LogP contribution >= 0.6 is 0 Å². The van der Waals surface area contributed by atoms with Crippen molar-refractivity contribution >= 4 is 28.3 Å². The minimum absolute atomic E-state index is 0.00729. The number of carbonyl (C=O) groups excluding carboxylic acids is 1. The molecule has 6 heteroatoms. The molecule has 32 heavy (non-hydrogen) atoms. The van der Waals surface area contributed by atoms with Gasteiger partial charge in [-0.1, -0.05) is 30.3 Å². The van der Waals surface area contributed by atoms with Crippen molar-refractivity contribution in [2.75, 3.05) is 25.5 Å². The quantitative estimate of drug-likeness (QED) is 0.452. The number of H-pyrrole nitrogens is 1. The fourth-order valence-electron chi connectivity index (χ4n) is 4.55. The number of carbonyl (C=O) groups is 1. The normalized spacial score (nSPS) is 14.5. The molecule has 1 aliphatic heterocycles. The SMILES string of the molecule is COc1ccccc1Nc1ncccc1C(=O)N1CCC(c2c[nH]c3ccccc23)CC1. The van der Waals surface area contributed by atoms with Crippen LogP contribution in [0.25, 0.3) is 10.9 Å². The minimum Gasteiger partial charge on any atom is -0.495 e. The highest BCUT2D eigenvalue weighted by molar-refractivity contribution is 5.99. The number of rotatable bonds is 5. The maximum atomic E-state index is 13.4. The average molecular weight is 427 g/mol. The summed E-state index contributed by atoms with van der Waals surface area (Å²) < 4.78 is 5.42. The number of aromatic amines is 1. The van der Waals surface area contributed by atoms with Gasteiger partial charge in [-0.15, -0.1) is 0 Å². The van der Waals surface area contributed by atoms with Crippen LogP contribution in [0, 0.1) is 0 Å². The first-order valence-corrected chi connectivity index (χ1v) is 10.9. The van der Waals surface area contributed by atoms with Crippen LogP contribution in [-0.2, 0) is 0 Å². The first-order chi connectivity index (χ1) is 15.7. The molecule has 2 N–H and O–H groups in total. The van der Waals surface area contributed by atoms with E-state index in [0.717, 1.165) is 31.6 Å². The number of nitrogens with one attached hydrogen (secondary N) is 2. The minimum atomic E-state index is 0.00729. The van der Waals surface area contributed by atoms with E-state index in [4.69, 9.17) is 4.74 Å². The lowest BCUT2D eigenvalue weighted by molar-refractivity contribution is 0.0714. The predicted molar refractivity (Wildman–Crippen MR) is 127 cm³/mol. The number of ether oxygens (including phenoxy) is 1. The second-order valence-corrected chi connectivity index (χ2v) is 8.08. The number of benzene rings is 2. The summed E-state index contributed by atoms with van der Waals surface area (Å²) in [6.07, 6.45) is 5.72. The smallest absolute Gasteiger partial charge is 0.257 e. The van der Waals surface area contributed by atoms with Crippen molar-refractivity contribution in [2.45, 2.75) is 18.8 Å². The molecule has 6 nitrogen and oxygen atoms in total. The summed E-state index contributed by atoms with van der Waals surface area (Å²) >= 11 is 0. The number of likely N-dealkylation sites (tertiary alicyclic amines) is 1. The van der Waals surface area contributed by atoms with Crippen molar-refractivity contribution in [2.24, 2.45) is 0 Å². The number of piperidine rings is 1. The van der Waals surface area contributed by atoms with Gasteiger partial charge in [0.2, 0.25) is 0 Å². The lowest BCUT2D eigenvalue weighted by Gasteiger charge is -2.32. The third-order valence-electron chi connectivity index (χ3n) is 6.24. The Kier molecular flexibility index (Phi) is 5.50. The van der Waals surface area contributed by atoms with Gasteiger partial charge in [-0.2, -0.15) is 0 Å². The van der Waals surface area contributed by atoms with E-state index in [1.807, 2.05) is 35.2 Å². The van der Waals surface area contributed by atoms with Crippen LogP contribution < -0.4 is 10.1 Å². The van der Waals surface area contributed by atoms with Gasteiger partial charge >= 0.3 is 0 Å². The molecule has 1 fully saturated rings. The Morgan fingerprint density at radius 3 is 2.69 bits per heavy atom. The van der Waals surface area contributed by atoms with Gasteiger partial charge in [0, 0.05) is 36.4 Å². The molecule has 3 heterocycles. The molecule has 4 aromatic rings. The van der Waals surface area contributed by atoms with Crippen LogP contribution in [0.1, 0.15) is 34.7 Å². The molecular formula is C26H26N4O2. The summed E-state index contributed by atoms with van der Waals surface area (Å²) in [7, 11) is 1.63. The second-order valence-electron chi connectivity index (χ2n) is 8.08. The van der Waals surface area contributed by atoms with E-state index in [-0.39, 0.29) is 5.91 Å². The van der Waals surface area contributed by atoms with E-state index < -0.39 is 0 Å². The number of hydrogen-bond donors (Lipinski definition) is 2. The van der Waals surface area contributed by atoms with Crippen molar-refractivity contribution in [3.63, 3.8) is 0 Å². The molecule has 1 aliphatic rings. The van der Waals surface area contributed by atoms with E-state index in [9.17, 15) is 4.79 Å². The lowest BCUT2D eigenvalue weighted by atomic mass is 9.89. The third kappa shape index (κ3) is 3.80. The number of nitrogens with zero attached hydrogens (tertiary/aromatic N) is 2. The fraction of sp³-hybridized carbons (Fsp3) is 0.231. The zero-order valence-electron chi connectivity index (χ0n) is 18.0. The molecule has 0 bridgehead atoms. The molecule has 0 saturated carbocycles. The van der Waals surface area contributed by atoms with E-state index in [1.165, 1.54) is 16.5 Å². The first kappa shape index (κ1) is 20.1. The van der Waals surface area contributed by atoms with Gasteiger partial charge < -0.3 is 19.9 Å². The summed E-state index contributed by atoms with van der Waals surface area (Å²) in [6, 6.07) is 19.7. The predicted octanol–water partition coefficient (Wildman–Crippen LogP) is 5.33. The van der Waals surface area contributed by atoms with Crippen LogP contribution in [0.2, 0.25) is 0 Å². The zero-order chi connectivity index (χ0) is 21.9. The molecule has 0 aliphatic carbocycles. The van der Waals surface area contributed by atoms with E-state index >= 15 is 0 Å². The summed E-state index contributed by atoms with van der Waals surface area (Å²) in [6.45, 7) is 1.46. The number of aromatic nitrogens is 2. The maximum absolute atomic E-state index is 13.4. The summed E-state index contributed by atoms with van der Waals surface area (Å²) in [5.41, 5.74) is 3.88. The number of hydrogen-bond acceptors (Lipinski definition) is 4. The number of methoxy groups -OCH3 is 1. The Hall–Kier alpha value is -3.80. The second kappa shape index (κ2) is 8.75. The lowest BCUT2D eigenvalue weighted by Crippen LogP contribution is -2.38. The first-order valence-electron chi connectivity index (χ1n) is 10.9. The molecule has 0 unspecified atom stereocenters. The Morgan fingerprint density at radius 2 is 1.84 bits per heavy atom. The maximum Gasteiger partial charge on any atom is 0.257 e. The van der Waals surface area contributed by atoms with Crippen LogP contribution in [0.15, 0.2) is 73.1 Å². The third-order valence-corrected chi connectivity index (χ3v) is 6.24. The molecule has 1 saturated heterocycles. The fourth-order valence-corrected chi connectivity index (χ4v) is 4.55. The zero-order valence-corrected chi connectivity index (χ0v) is 18.0. The Labute approximate surface area is 187 Å². The van der Waals surface area contributed by atoms with Gasteiger partial charge in [0.1, 0.15) is 11.6 Å². The summed E-state index contributed by atoms with van der Waals surface area (Å²) in [4.78, 5) is 23.1. The number of amides is 1. The molecular weight excluding hydrogens is 400 g/mol. The Morgan fingerprint density at radius 1 is 1.06 bits per heavy atom. The van der Waals surface area contributed by atoms with Crippen molar-refractivity contribution in [1.29, 1.82) is 0 Å². The molecule has 5 rings (SSSR count). The van der Waals surface area contributed by atoms with Gasteiger partial charge in [-0.05, 0) is 54.7 Å². The molecule has 2 aromatic heterocycles. The molecule has 0 radical (unpaired) electrons. The summed E-state index contributed by atoms with van der Waals surface area (Å²) in [5.74, 6) is 1.71. The molecule has 1 amide bonds. The monoisotopic (exact) mass is 426 g/mol. The number of fused-ring (bicyclic) bond motifs is 1. The van der Waals surface area contributed by atoms with Crippen LogP contribution in [-0.4, -0.2) is 41.0 Å².